The number of carboxylic acids is 1. The van der Waals surface area contributed by atoms with Crippen LogP contribution in [-0.4, -0.2) is 60.4 Å². The first-order valence-corrected chi connectivity index (χ1v) is 9.63. The standard InChI is InChI=1S/C16H22N6O.C2HF3O2/c23-16(13-6-2-7-17-13)21-8-3-9-22-14(19-20-15(22)11-21)10-18-12-4-1-5-12;3-2(4,5)1(6)7/h2,6-7,12,17-18H,1,3-5,8-11H2;(H,6,7). The van der Waals surface area contributed by atoms with E-state index in [1.165, 1.54) is 19.3 Å². The van der Waals surface area contributed by atoms with Crippen LogP contribution >= 0.6 is 0 Å². The first-order valence-electron chi connectivity index (χ1n) is 9.63. The zero-order valence-electron chi connectivity index (χ0n) is 16.2. The lowest BCUT2D eigenvalue weighted by molar-refractivity contribution is -0.192. The minimum absolute atomic E-state index is 0.0283. The lowest BCUT2D eigenvalue weighted by Crippen LogP contribution is -2.35. The number of nitrogens with one attached hydrogen (secondary N) is 2. The first-order chi connectivity index (χ1) is 14.3. The van der Waals surface area contributed by atoms with Gasteiger partial charge in [0.25, 0.3) is 5.91 Å². The zero-order chi connectivity index (χ0) is 21.7. The van der Waals surface area contributed by atoms with Gasteiger partial charge >= 0.3 is 12.1 Å². The molecule has 0 unspecified atom stereocenters. The summed E-state index contributed by atoms with van der Waals surface area (Å²) < 4.78 is 33.9. The first kappa shape index (κ1) is 21.8. The number of nitrogens with zero attached hydrogens (tertiary/aromatic N) is 4. The molecule has 0 atom stereocenters. The molecule has 2 aliphatic rings. The van der Waals surface area contributed by atoms with Gasteiger partial charge in [0.15, 0.2) is 5.82 Å². The van der Waals surface area contributed by atoms with Gasteiger partial charge in [-0.05, 0) is 31.4 Å². The fraction of sp³-hybridized carbons (Fsp3) is 0.556. The van der Waals surface area contributed by atoms with Crippen LogP contribution in [0.2, 0.25) is 0 Å². The van der Waals surface area contributed by atoms with Crippen molar-refractivity contribution in [3.8, 4) is 0 Å². The largest absolute Gasteiger partial charge is 0.490 e. The number of H-pyrrole nitrogens is 1. The average Bonchev–Trinajstić information content (AvgIpc) is 3.25. The third-order valence-electron chi connectivity index (χ3n) is 5.06. The van der Waals surface area contributed by atoms with Gasteiger partial charge in [0.1, 0.15) is 11.5 Å². The van der Waals surface area contributed by atoms with Crippen molar-refractivity contribution in [1.29, 1.82) is 0 Å². The molecule has 2 aromatic heterocycles. The van der Waals surface area contributed by atoms with Crippen LogP contribution in [0.4, 0.5) is 13.2 Å². The summed E-state index contributed by atoms with van der Waals surface area (Å²) in [6.07, 6.45) is 1.47. The minimum Gasteiger partial charge on any atom is -0.475 e. The fourth-order valence-electron chi connectivity index (χ4n) is 3.20. The zero-order valence-corrected chi connectivity index (χ0v) is 16.2. The van der Waals surface area contributed by atoms with Crippen LogP contribution in [0.5, 0.6) is 0 Å². The highest BCUT2D eigenvalue weighted by atomic mass is 19.4. The van der Waals surface area contributed by atoms with Crippen molar-refractivity contribution in [2.75, 3.05) is 6.54 Å². The van der Waals surface area contributed by atoms with Gasteiger partial charge < -0.3 is 24.9 Å². The molecule has 4 rings (SSSR count). The maximum atomic E-state index is 12.5. The third-order valence-corrected chi connectivity index (χ3v) is 5.06. The Balaban J connectivity index is 0.000000318. The Hall–Kier alpha value is -2.89. The van der Waals surface area contributed by atoms with Gasteiger partial charge in [-0.1, -0.05) is 6.42 Å². The maximum absolute atomic E-state index is 12.5. The Kier molecular flexibility index (Phi) is 6.75. The van der Waals surface area contributed by atoms with Crippen molar-refractivity contribution >= 4 is 11.9 Å². The molecule has 2 aromatic rings. The van der Waals surface area contributed by atoms with Crippen LogP contribution in [0.1, 0.15) is 47.8 Å². The summed E-state index contributed by atoms with van der Waals surface area (Å²) >= 11 is 0. The number of amides is 1. The highest BCUT2D eigenvalue weighted by Crippen LogP contribution is 2.19. The number of aromatic nitrogens is 4. The molecular formula is C18H23F3N6O3. The number of fused-ring (bicyclic) bond motifs is 1. The van der Waals surface area contributed by atoms with Gasteiger partial charge in [0, 0.05) is 25.3 Å². The van der Waals surface area contributed by atoms with E-state index < -0.39 is 12.1 Å². The molecule has 1 aliphatic heterocycles. The molecule has 0 spiro atoms. The molecule has 1 saturated carbocycles. The van der Waals surface area contributed by atoms with Crippen LogP contribution in [0, 0.1) is 0 Å². The molecule has 1 fully saturated rings. The van der Waals surface area contributed by atoms with E-state index in [0.29, 0.717) is 18.3 Å². The van der Waals surface area contributed by atoms with Gasteiger partial charge in [-0.2, -0.15) is 13.2 Å². The second-order valence-electron chi connectivity index (χ2n) is 7.16. The number of hydrogen-bond acceptors (Lipinski definition) is 5. The van der Waals surface area contributed by atoms with E-state index in [0.717, 1.165) is 37.7 Å². The molecule has 30 heavy (non-hydrogen) atoms. The molecule has 0 aromatic carbocycles. The van der Waals surface area contributed by atoms with Crippen molar-refractivity contribution < 1.29 is 27.9 Å². The Morgan fingerprint density at radius 3 is 2.53 bits per heavy atom. The topological polar surface area (TPSA) is 116 Å². The quantitative estimate of drug-likeness (QED) is 0.685. The van der Waals surface area contributed by atoms with Gasteiger partial charge in [-0.25, -0.2) is 4.79 Å². The number of halogens is 3. The molecule has 12 heteroatoms. The molecule has 3 heterocycles. The number of carbonyl (C=O) groups is 2. The summed E-state index contributed by atoms with van der Waals surface area (Å²) in [5, 5.41) is 19.3. The normalized spacial score (nSPS) is 16.7. The number of hydrogen-bond donors (Lipinski definition) is 3. The smallest absolute Gasteiger partial charge is 0.475 e. The third kappa shape index (κ3) is 5.38. The number of rotatable bonds is 4. The summed E-state index contributed by atoms with van der Waals surface area (Å²) in [7, 11) is 0. The minimum atomic E-state index is -5.08. The van der Waals surface area contributed by atoms with Gasteiger partial charge in [0.2, 0.25) is 0 Å². The van der Waals surface area contributed by atoms with E-state index in [2.05, 4.69) is 25.1 Å². The second-order valence-corrected chi connectivity index (χ2v) is 7.16. The van der Waals surface area contributed by atoms with Gasteiger partial charge in [0.05, 0.1) is 13.1 Å². The van der Waals surface area contributed by atoms with Crippen molar-refractivity contribution in [1.82, 2.24) is 30.0 Å². The van der Waals surface area contributed by atoms with Crippen LogP contribution in [-0.2, 0) is 24.4 Å². The van der Waals surface area contributed by atoms with Crippen LogP contribution in [0.25, 0.3) is 0 Å². The number of aliphatic carboxylic acids is 1. The number of aromatic amines is 1. The summed E-state index contributed by atoms with van der Waals surface area (Å²) in [6.45, 7) is 2.91. The predicted molar refractivity (Wildman–Crippen MR) is 98.3 cm³/mol. The van der Waals surface area contributed by atoms with Crippen LogP contribution in [0.15, 0.2) is 18.3 Å². The molecule has 1 amide bonds. The van der Waals surface area contributed by atoms with E-state index in [1.54, 1.807) is 6.20 Å². The summed E-state index contributed by atoms with van der Waals surface area (Å²) in [6, 6.07) is 4.30. The maximum Gasteiger partial charge on any atom is 0.490 e. The highest BCUT2D eigenvalue weighted by Gasteiger charge is 2.38. The van der Waals surface area contributed by atoms with Crippen molar-refractivity contribution in [2.45, 2.75) is 57.5 Å². The molecule has 0 saturated heterocycles. The van der Waals surface area contributed by atoms with E-state index in [9.17, 15) is 18.0 Å². The van der Waals surface area contributed by atoms with E-state index >= 15 is 0 Å². The van der Waals surface area contributed by atoms with Crippen LogP contribution in [0.3, 0.4) is 0 Å². The highest BCUT2D eigenvalue weighted by molar-refractivity contribution is 5.92. The van der Waals surface area contributed by atoms with E-state index in [-0.39, 0.29) is 5.91 Å². The number of carbonyl (C=O) groups excluding carboxylic acids is 1. The summed E-state index contributed by atoms with van der Waals surface area (Å²) in [5.41, 5.74) is 0.629. The van der Waals surface area contributed by atoms with E-state index in [1.807, 2.05) is 17.0 Å². The van der Waals surface area contributed by atoms with Crippen molar-refractivity contribution in [2.24, 2.45) is 0 Å². The number of alkyl halides is 3. The molecule has 164 valence electrons. The summed E-state index contributed by atoms with van der Waals surface area (Å²) in [5.74, 6) is -0.859. The van der Waals surface area contributed by atoms with Gasteiger partial charge in [-0.3, -0.25) is 4.79 Å². The van der Waals surface area contributed by atoms with Crippen molar-refractivity contribution in [3.05, 3.63) is 35.7 Å². The lowest BCUT2D eigenvalue weighted by atomic mass is 9.93. The van der Waals surface area contributed by atoms with Crippen molar-refractivity contribution in [3.63, 3.8) is 0 Å². The van der Waals surface area contributed by atoms with Crippen LogP contribution < -0.4 is 5.32 Å². The Morgan fingerprint density at radius 1 is 1.23 bits per heavy atom. The number of carboxylic acid groups (broad SMARTS) is 1. The lowest BCUT2D eigenvalue weighted by Gasteiger charge is -2.26. The molecular weight excluding hydrogens is 405 g/mol. The molecule has 3 N–H and O–H groups in total. The molecule has 1 aliphatic carbocycles. The summed E-state index contributed by atoms with van der Waals surface area (Å²) in [4.78, 5) is 26.2. The monoisotopic (exact) mass is 428 g/mol. The second kappa shape index (κ2) is 9.28. The molecule has 0 radical (unpaired) electrons. The Morgan fingerprint density at radius 2 is 1.97 bits per heavy atom. The Labute approximate surface area is 170 Å². The Bertz CT molecular complexity index is 861. The predicted octanol–water partition coefficient (Wildman–Crippen LogP) is 1.93. The molecule has 0 bridgehead atoms. The average molecular weight is 428 g/mol. The fourth-order valence-corrected chi connectivity index (χ4v) is 3.20. The van der Waals surface area contributed by atoms with Gasteiger partial charge in [-0.15, -0.1) is 10.2 Å². The van der Waals surface area contributed by atoms with E-state index in [4.69, 9.17) is 9.90 Å². The SMILES string of the molecule is O=C(O)C(F)(F)F.O=C(c1ccc[nH]1)N1CCCn2c(CNC3CCC3)nnc2C1. The molecule has 9 nitrogen and oxygen atoms in total.